The molecule has 0 aromatic heterocycles. The third-order valence-electron chi connectivity index (χ3n) is 6.09. The fourth-order valence-corrected chi connectivity index (χ4v) is 6.00. The molecule has 38 heavy (non-hydrogen) atoms. The van der Waals surface area contributed by atoms with E-state index in [4.69, 9.17) is 34.8 Å². The maximum absolute atomic E-state index is 13.9. The van der Waals surface area contributed by atoms with Crippen LogP contribution in [0.25, 0.3) is 0 Å². The molecule has 0 saturated heterocycles. The number of nitrogens with zero attached hydrogens (tertiary/aromatic N) is 2. The van der Waals surface area contributed by atoms with Crippen LogP contribution in [0.5, 0.6) is 0 Å². The zero-order valence-corrected chi connectivity index (χ0v) is 24.2. The standard InChI is InChI=1S/C27H28Cl3N3O4S/c1-4-24(27(35)31-3)32(16-19-13-14-22(29)23(30)15-19)26(34)17-33(25-12-8-11-21(28)18(25)2)38(36,37)20-9-6-5-7-10-20/h5-15,24H,4,16-17H2,1-3H3,(H,31,35). The summed E-state index contributed by atoms with van der Waals surface area (Å²) in [6.45, 7) is 2.90. The molecule has 7 nitrogen and oxygen atoms in total. The Labute approximate surface area is 238 Å². The molecular weight excluding hydrogens is 569 g/mol. The van der Waals surface area contributed by atoms with Crippen molar-refractivity contribution in [2.75, 3.05) is 17.9 Å². The van der Waals surface area contributed by atoms with Gasteiger partial charge in [0.05, 0.1) is 20.6 Å². The van der Waals surface area contributed by atoms with Gasteiger partial charge in [0, 0.05) is 18.6 Å². The average Bonchev–Trinajstić information content (AvgIpc) is 2.91. The Bertz CT molecular complexity index is 1420. The lowest BCUT2D eigenvalue weighted by Crippen LogP contribution is -2.51. The van der Waals surface area contributed by atoms with E-state index in [1.54, 1.807) is 68.4 Å². The third kappa shape index (κ3) is 6.61. The Morgan fingerprint density at radius 3 is 2.21 bits per heavy atom. The summed E-state index contributed by atoms with van der Waals surface area (Å²) in [7, 11) is -2.70. The Kier molecular flexibility index (Phi) is 10.1. The number of amides is 2. The van der Waals surface area contributed by atoms with Crippen LogP contribution < -0.4 is 9.62 Å². The van der Waals surface area contributed by atoms with Crippen LogP contribution in [-0.4, -0.2) is 44.8 Å². The highest BCUT2D eigenvalue weighted by Crippen LogP contribution is 2.31. The van der Waals surface area contributed by atoms with Crippen LogP contribution in [0.15, 0.2) is 71.6 Å². The van der Waals surface area contributed by atoms with Crippen LogP contribution in [0, 0.1) is 6.92 Å². The third-order valence-corrected chi connectivity index (χ3v) is 9.01. The number of sulfonamides is 1. The van der Waals surface area contributed by atoms with Crippen molar-refractivity contribution in [1.82, 2.24) is 10.2 Å². The Morgan fingerprint density at radius 2 is 1.61 bits per heavy atom. The molecule has 0 fully saturated rings. The average molecular weight is 597 g/mol. The summed E-state index contributed by atoms with van der Waals surface area (Å²) in [5, 5.41) is 3.59. The lowest BCUT2D eigenvalue weighted by molar-refractivity contribution is -0.140. The maximum Gasteiger partial charge on any atom is 0.264 e. The normalized spacial score (nSPS) is 12.1. The van der Waals surface area contributed by atoms with Gasteiger partial charge >= 0.3 is 0 Å². The van der Waals surface area contributed by atoms with Crippen LogP contribution in [0.4, 0.5) is 5.69 Å². The fraction of sp³-hybridized carbons (Fsp3) is 0.259. The molecule has 1 atom stereocenters. The molecule has 3 aromatic rings. The predicted molar refractivity (Wildman–Crippen MR) is 152 cm³/mol. The van der Waals surface area contributed by atoms with E-state index in [9.17, 15) is 18.0 Å². The molecule has 3 aromatic carbocycles. The zero-order valence-electron chi connectivity index (χ0n) is 21.1. The Hall–Kier alpha value is -2.78. The lowest BCUT2D eigenvalue weighted by Gasteiger charge is -2.33. The van der Waals surface area contributed by atoms with Crippen molar-refractivity contribution in [2.24, 2.45) is 0 Å². The number of anilines is 1. The van der Waals surface area contributed by atoms with Crippen molar-refractivity contribution in [3.8, 4) is 0 Å². The summed E-state index contributed by atoms with van der Waals surface area (Å²) in [5.74, 6) is -0.956. The van der Waals surface area contributed by atoms with Gasteiger partial charge in [-0.15, -0.1) is 0 Å². The SMILES string of the molecule is CCC(C(=O)NC)N(Cc1ccc(Cl)c(Cl)c1)C(=O)CN(c1cccc(Cl)c1C)S(=O)(=O)c1ccccc1. The van der Waals surface area contributed by atoms with Gasteiger partial charge in [-0.05, 0) is 60.9 Å². The fourth-order valence-electron chi connectivity index (χ4n) is 4.02. The number of hydrogen-bond acceptors (Lipinski definition) is 4. The number of likely N-dealkylation sites (N-methyl/N-ethyl adjacent to an activating group) is 1. The van der Waals surface area contributed by atoms with Crippen LogP contribution in [0.1, 0.15) is 24.5 Å². The van der Waals surface area contributed by atoms with E-state index >= 15 is 0 Å². The van der Waals surface area contributed by atoms with E-state index in [-0.39, 0.29) is 23.0 Å². The number of carbonyl (C=O) groups is 2. The minimum Gasteiger partial charge on any atom is -0.357 e. The molecule has 0 radical (unpaired) electrons. The molecule has 0 aliphatic heterocycles. The van der Waals surface area contributed by atoms with Crippen LogP contribution >= 0.6 is 34.8 Å². The molecule has 2 amide bonds. The van der Waals surface area contributed by atoms with Gasteiger partial charge in [-0.1, -0.05) is 72.1 Å². The van der Waals surface area contributed by atoms with E-state index in [0.29, 0.717) is 32.6 Å². The van der Waals surface area contributed by atoms with E-state index in [0.717, 1.165) is 4.31 Å². The molecule has 0 bridgehead atoms. The molecule has 202 valence electrons. The monoisotopic (exact) mass is 595 g/mol. The molecule has 3 rings (SSSR count). The largest absolute Gasteiger partial charge is 0.357 e. The van der Waals surface area contributed by atoms with E-state index in [1.807, 2.05) is 0 Å². The van der Waals surface area contributed by atoms with Crippen molar-refractivity contribution in [1.29, 1.82) is 0 Å². The molecule has 0 saturated carbocycles. The number of hydrogen-bond donors (Lipinski definition) is 1. The van der Waals surface area contributed by atoms with Gasteiger partial charge in [0.1, 0.15) is 12.6 Å². The second kappa shape index (κ2) is 12.8. The number of nitrogens with one attached hydrogen (secondary N) is 1. The molecule has 0 aliphatic carbocycles. The van der Waals surface area contributed by atoms with Gasteiger partial charge in [0.2, 0.25) is 11.8 Å². The topological polar surface area (TPSA) is 86.8 Å². The number of benzene rings is 3. The Morgan fingerprint density at radius 1 is 0.921 bits per heavy atom. The summed E-state index contributed by atoms with van der Waals surface area (Å²) in [6, 6.07) is 16.7. The van der Waals surface area contributed by atoms with E-state index in [2.05, 4.69) is 5.32 Å². The van der Waals surface area contributed by atoms with Crippen LogP contribution in [0.3, 0.4) is 0 Å². The highest BCUT2D eigenvalue weighted by molar-refractivity contribution is 7.92. The Balaban J connectivity index is 2.10. The first-order valence-corrected chi connectivity index (χ1v) is 14.4. The maximum atomic E-state index is 13.9. The van der Waals surface area contributed by atoms with Crippen molar-refractivity contribution in [3.63, 3.8) is 0 Å². The molecule has 1 unspecified atom stereocenters. The van der Waals surface area contributed by atoms with Crippen LogP contribution in [-0.2, 0) is 26.2 Å². The molecule has 0 aliphatic rings. The van der Waals surface area contributed by atoms with Crippen molar-refractivity contribution >= 4 is 62.3 Å². The minimum absolute atomic E-state index is 0.00933. The lowest BCUT2D eigenvalue weighted by atomic mass is 10.1. The van der Waals surface area contributed by atoms with Crippen LogP contribution in [0.2, 0.25) is 15.1 Å². The van der Waals surface area contributed by atoms with Crippen molar-refractivity contribution in [2.45, 2.75) is 37.8 Å². The van der Waals surface area contributed by atoms with E-state index < -0.39 is 28.5 Å². The smallest absolute Gasteiger partial charge is 0.264 e. The molecule has 1 N–H and O–H groups in total. The predicted octanol–water partition coefficient (Wildman–Crippen LogP) is 5.70. The molecular formula is C27H28Cl3N3O4S. The van der Waals surface area contributed by atoms with Crippen molar-refractivity contribution < 1.29 is 18.0 Å². The minimum atomic E-state index is -4.18. The quantitative estimate of drug-likeness (QED) is 0.325. The van der Waals surface area contributed by atoms with E-state index in [1.165, 1.54) is 24.1 Å². The van der Waals surface area contributed by atoms with Gasteiger partial charge in [-0.2, -0.15) is 0 Å². The highest BCUT2D eigenvalue weighted by atomic mass is 35.5. The second-order valence-corrected chi connectivity index (χ2v) is 11.6. The summed E-state index contributed by atoms with van der Waals surface area (Å²) < 4.78 is 28.7. The van der Waals surface area contributed by atoms with Crippen molar-refractivity contribution in [3.05, 3.63) is 92.9 Å². The molecule has 0 spiro atoms. The first-order chi connectivity index (χ1) is 18.0. The first kappa shape index (κ1) is 29.8. The van der Waals surface area contributed by atoms with Gasteiger partial charge in [-0.25, -0.2) is 8.42 Å². The van der Waals surface area contributed by atoms with Gasteiger partial charge in [-0.3, -0.25) is 13.9 Å². The zero-order chi connectivity index (χ0) is 28.0. The molecule has 11 heteroatoms. The number of rotatable bonds is 10. The molecule has 0 heterocycles. The first-order valence-electron chi connectivity index (χ1n) is 11.8. The summed E-state index contributed by atoms with van der Waals surface area (Å²) >= 11 is 18.6. The number of halogens is 3. The van der Waals surface area contributed by atoms with Gasteiger partial charge in [0.15, 0.2) is 0 Å². The summed E-state index contributed by atoms with van der Waals surface area (Å²) in [5.41, 5.74) is 1.39. The van der Waals surface area contributed by atoms with Gasteiger partial charge < -0.3 is 10.2 Å². The highest BCUT2D eigenvalue weighted by Gasteiger charge is 2.34. The summed E-state index contributed by atoms with van der Waals surface area (Å²) in [4.78, 5) is 28.1. The number of carbonyl (C=O) groups excluding carboxylic acids is 2. The van der Waals surface area contributed by atoms with Gasteiger partial charge in [0.25, 0.3) is 10.0 Å². The second-order valence-electron chi connectivity index (χ2n) is 8.52. The summed E-state index contributed by atoms with van der Waals surface area (Å²) in [6.07, 6.45) is 0.300.